The summed E-state index contributed by atoms with van der Waals surface area (Å²) in [6.07, 6.45) is -4.70. The number of hydrogen-bond acceptors (Lipinski definition) is 12. The van der Waals surface area contributed by atoms with E-state index < -0.39 is 54.5 Å². The van der Waals surface area contributed by atoms with Crippen LogP contribution >= 0.6 is 12.2 Å². The van der Waals surface area contributed by atoms with Gasteiger partial charge in [0.2, 0.25) is 0 Å². The van der Waals surface area contributed by atoms with Gasteiger partial charge in [-0.25, -0.2) is 0 Å². The molecule has 0 amide bonds. The fourth-order valence-electron chi connectivity index (χ4n) is 3.36. The summed E-state index contributed by atoms with van der Waals surface area (Å²) in [6.45, 7) is 4.24. The molecule has 0 aromatic heterocycles. The summed E-state index contributed by atoms with van der Waals surface area (Å²) >= 11 is 5.27. The van der Waals surface area contributed by atoms with Crippen molar-refractivity contribution >= 4 is 47.4 Å². The number of ether oxygens (including phenoxy) is 6. The van der Waals surface area contributed by atoms with Gasteiger partial charge in [0.25, 0.3) is 0 Å². The van der Waals surface area contributed by atoms with E-state index in [1.165, 1.54) is 13.1 Å². The van der Waals surface area contributed by atoms with Crippen LogP contribution in [0, 0.1) is 0 Å². The molecular formula is C23H29N3O10S. The summed E-state index contributed by atoms with van der Waals surface area (Å²) in [5.74, 6) is -2.13. The van der Waals surface area contributed by atoms with Crippen molar-refractivity contribution in [3.63, 3.8) is 0 Å². The Morgan fingerprint density at radius 3 is 2.03 bits per heavy atom. The van der Waals surface area contributed by atoms with Gasteiger partial charge in [0.15, 0.2) is 29.7 Å². The van der Waals surface area contributed by atoms with E-state index in [9.17, 15) is 19.2 Å². The van der Waals surface area contributed by atoms with Crippen molar-refractivity contribution in [2.75, 3.05) is 13.7 Å². The molecule has 5 atom stereocenters. The van der Waals surface area contributed by atoms with Crippen LogP contribution in [0.25, 0.3) is 0 Å². The highest BCUT2D eigenvalue weighted by atomic mass is 32.1. The zero-order valence-electron chi connectivity index (χ0n) is 20.9. The first kappa shape index (κ1) is 29.5. The Labute approximate surface area is 218 Å². The van der Waals surface area contributed by atoms with E-state index in [0.29, 0.717) is 5.75 Å². The number of nitrogens with zero attached hydrogens (tertiary/aromatic N) is 1. The van der Waals surface area contributed by atoms with Crippen LogP contribution in [0.4, 0.5) is 0 Å². The zero-order valence-corrected chi connectivity index (χ0v) is 21.7. The van der Waals surface area contributed by atoms with Crippen LogP contribution in [0.2, 0.25) is 0 Å². The molecule has 1 aromatic rings. The second kappa shape index (κ2) is 14.1. The summed E-state index contributed by atoms with van der Waals surface area (Å²) in [6, 6.07) is 7.07. The Hall–Kier alpha value is -3.78. The first-order valence-corrected chi connectivity index (χ1v) is 11.4. The minimum atomic E-state index is -1.32. The van der Waals surface area contributed by atoms with Crippen LogP contribution in [0.1, 0.15) is 33.3 Å². The number of benzene rings is 1. The highest BCUT2D eigenvalue weighted by molar-refractivity contribution is 7.80. The highest BCUT2D eigenvalue weighted by Crippen LogP contribution is 2.28. The number of hydrazone groups is 1. The van der Waals surface area contributed by atoms with E-state index >= 15 is 0 Å². The molecule has 14 heteroatoms. The highest BCUT2D eigenvalue weighted by Gasteiger charge is 2.52. The van der Waals surface area contributed by atoms with Gasteiger partial charge in [0.05, 0.1) is 13.3 Å². The van der Waals surface area contributed by atoms with Crippen LogP contribution in [0.15, 0.2) is 29.4 Å². The molecule has 0 bridgehead atoms. The van der Waals surface area contributed by atoms with Crippen molar-refractivity contribution in [3.8, 4) is 5.75 Å². The molecule has 0 unspecified atom stereocenters. The van der Waals surface area contributed by atoms with Crippen molar-refractivity contribution < 1.29 is 47.6 Å². The summed E-state index contributed by atoms with van der Waals surface area (Å²) in [7, 11) is 1.56. The van der Waals surface area contributed by atoms with E-state index in [-0.39, 0.29) is 11.7 Å². The topological polar surface area (TPSA) is 160 Å². The number of carbonyl (C=O) groups excluding carboxylic acids is 4. The quantitative estimate of drug-likeness (QED) is 0.148. The number of nitrogens with one attached hydrogen (secondary N) is 2. The van der Waals surface area contributed by atoms with Gasteiger partial charge in [-0.1, -0.05) is 0 Å². The molecule has 202 valence electrons. The molecule has 1 saturated heterocycles. The standard InChI is InChI=1S/C23H29N3O10S/c1-12(27)32-11-18-19(33-13(2)28)20(34-14(3)29)21(35-15(4)30)22(36-18)25-23(37)26-24-10-16-6-8-17(31-5)9-7-16/h6-10,18-22H,11H2,1-5H3,(H2,25,26,37)/b24-10+/t18-,19-,20+,21-,22-/m1/s1. The molecule has 37 heavy (non-hydrogen) atoms. The predicted molar refractivity (Wildman–Crippen MR) is 131 cm³/mol. The van der Waals surface area contributed by atoms with Crippen molar-refractivity contribution in [1.82, 2.24) is 10.7 Å². The SMILES string of the molecule is COc1ccc(/C=N/NC(=S)N[C@@H]2O[C@H](COC(C)=O)[C@@H](OC(C)=O)[C@H](OC(C)=O)[C@H]2OC(C)=O)cc1. The van der Waals surface area contributed by atoms with Gasteiger partial charge in [-0.05, 0) is 42.0 Å². The van der Waals surface area contributed by atoms with Crippen molar-refractivity contribution in [2.24, 2.45) is 5.10 Å². The second-order valence-corrected chi connectivity index (χ2v) is 8.14. The molecular weight excluding hydrogens is 510 g/mol. The number of rotatable bonds is 9. The third-order valence-corrected chi connectivity index (χ3v) is 4.97. The average Bonchev–Trinajstić information content (AvgIpc) is 2.81. The van der Waals surface area contributed by atoms with Gasteiger partial charge in [0.1, 0.15) is 18.5 Å². The van der Waals surface area contributed by atoms with E-state index in [0.717, 1.165) is 26.3 Å². The van der Waals surface area contributed by atoms with Crippen LogP contribution in [-0.2, 0) is 42.9 Å². The molecule has 1 aliphatic heterocycles. The lowest BCUT2D eigenvalue weighted by atomic mass is 9.97. The summed E-state index contributed by atoms with van der Waals surface area (Å²) in [4.78, 5) is 46.9. The van der Waals surface area contributed by atoms with Crippen molar-refractivity contribution in [3.05, 3.63) is 29.8 Å². The van der Waals surface area contributed by atoms with Gasteiger partial charge in [0, 0.05) is 27.7 Å². The zero-order chi connectivity index (χ0) is 27.5. The molecule has 13 nitrogen and oxygen atoms in total. The Balaban J connectivity index is 2.25. The van der Waals surface area contributed by atoms with E-state index in [1.807, 2.05) is 0 Å². The normalized spacial score (nSPS) is 22.9. The number of hydrogen-bond donors (Lipinski definition) is 2. The monoisotopic (exact) mass is 539 g/mol. The fourth-order valence-corrected chi connectivity index (χ4v) is 3.53. The molecule has 1 heterocycles. The van der Waals surface area contributed by atoms with Crippen LogP contribution < -0.4 is 15.5 Å². The Kier molecular flexibility index (Phi) is 11.2. The van der Waals surface area contributed by atoms with E-state index in [4.69, 9.17) is 40.6 Å². The maximum atomic E-state index is 11.9. The van der Waals surface area contributed by atoms with E-state index in [1.54, 1.807) is 31.4 Å². The van der Waals surface area contributed by atoms with Crippen LogP contribution in [0.3, 0.4) is 0 Å². The number of carbonyl (C=O) groups is 4. The maximum absolute atomic E-state index is 11.9. The second-order valence-electron chi connectivity index (χ2n) is 7.74. The van der Waals surface area contributed by atoms with Gasteiger partial charge in [-0.15, -0.1) is 0 Å². The van der Waals surface area contributed by atoms with Gasteiger partial charge < -0.3 is 33.7 Å². The molecule has 1 aromatic carbocycles. The molecule has 0 radical (unpaired) electrons. The Morgan fingerprint density at radius 1 is 0.919 bits per heavy atom. The van der Waals surface area contributed by atoms with Gasteiger partial charge in [-0.2, -0.15) is 5.10 Å². The molecule has 0 spiro atoms. The molecule has 0 aliphatic carbocycles. The molecule has 2 N–H and O–H groups in total. The van der Waals surface area contributed by atoms with Gasteiger partial charge >= 0.3 is 23.9 Å². The minimum absolute atomic E-state index is 0.0364. The first-order valence-electron chi connectivity index (χ1n) is 11.0. The van der Waals surface area contributed by atoms with Crippen LogP contribution in [0.5, 0.6) is 5.75 Å². The minimum Gasteiger partial charge on any atom is -0.497 e. The largest absolute Gasteiger partial charge is 0.497 e. The van der Waals surface area contributed by atoms with Crippen molar-refractivity contribution in [1.29, 1.82) is 0 Å². The lowest BCUT2D eigenvalue weighted by Crippen LogP contribution is -2.66. The summed E-state index contributed by atoms with van der Waals surface area (Å²) < 4.78 is 32.1. The van der Waals surface area contributed by atoms with Crippen LogP contribution in [-0.4, -0.2) is 79.6 Å². The molecule has 0 saturated carbocycles. The maximum Gasteiger partial charge on any atom is 0.303 e. The van der Waals surface area contributed by atoms with Gasteiger partial charge in [-0.3, -0.25) is 24.6 Å². The molecule has 2 rings (SSSR count). The molecule has 1 aliphatic rings. The molecule has 1 fully saturated rings. The Morgan fingerprint density at radius 2 is 1.49 bits per heavy atom. The third-order valence-electron chi connectivity index (χ3n) is 4.76. The predicted octanol–water partition coefficient (Wildman–Crippen LogP) is 0.576. The average molecular weight is 540 g/mol. The lowest BCUT2D eigenvalue weighted by molar-refractivity contribution is -0.254. The smallest absolute Gasteiger partial charge is 0.303 e. The van der Waals surface area contributed by atoms with Crippen molar-refractivity contribution in [2.45, 2.75) is 58.3 Å². The fraction of sp³-hybridized carbons (Fsp3) is 0.478. The number of esters is 4. The lowest BCUT2D eigenvalue weighted by Gasteiger charge is -2.44. The number of thiocarbonyl (C=S) groups is 1. The van der Waals surface area contributed by atoms with E-state index in [2.05, 4.69) is 15.8 Å². The summed E-state index contributed by atoms with van der Waals surface area (Å²) in [5, 5.41) is 6.79. The third kappa shape index (κ3) is 9.65. The summed E-state index contributed by atoms with van der Waals surface area (Å²) in [5.41, 5.74) is 3.36. The number of methoxy groups -OCH3 is 1. The first-order chi connectivity index (χ1) is 17.5. The Bertz CT molecular complexity index is 1020.